The van der Waals surface area contributed by atoms with Crippen LogP contribution in [0.5, 0.6) is 5.75 Å². The van der Waals surface area contributed by atoms with Gasteiger partial charge in [0.25, 0.3) is 5.91 Å². The van der Waals surface area contributed by atoms with Gasteiger partial charge in [0.05, 0.1) is 6.61 Å². The summed E-state index contributed by atoms with van der Waals surface area (Å²) in [4.78, 5) is 36.2. The zero-order valence-corrected chi connectivity index (χ0v) is 17.2. The van der Waals surface area contributed by atoms with Gasteiger partial charge in [-0.1, -0.05) is 54.6 Å². The first-order chi connectivity index (χ1) is 15.1. The number of nitrogens with one attached hydrogen (secondary N) is 1. The zero-order chi connectivity index (χ0) is 22.1. The van der Waals surface area contributed by atoms with Crippen LogP contribution in [-0.4, -0.2) is 37.4 Å². The molecule has 0 fully saturated rings. The second-order valence-corrected chi connectivity index (χ2v) is 6.67. The molecule has 0 aliphatic carbocycles. The third kappa shape index (κ3) is 6.27. The topological polar surface area (TPSA) is 81.7 Å². The predicted molar refractivity (Wildman–Crippen MR) is 117 cm³/mol. The SMILES string of the molecule is CCOc1ccc(C(=O)NCC(=O)OCC(=O)c2ccc(-c3ccccc3)cc2)cc1. The second-order valence-electron chi connectivity index (χ2n) is 6.67. The molecule has 0 radical (unpaired) electrons. The molecule has 0 unspecified atom stereocenters. The summed E-state index contributed by atoms with van der Waals surface area (Å²) >= 11 is 0. The lowest BCUT2D eigenvalue weighted by Gasteiger charge is -2.08. The summed E-state index contributed by atoms with van der Waals surface area (Å²) in [6.07, 6.45) is 0. The van der Waals surface area contributed by atoms with E-state index in [-0.39, 0.29) is 18.9 Å². The molecule has 0 saturated heterocycles. The van der Waals surface area contributed by atoms with Gasteiger partial charge in [-0.05, 0) is 42.3 Å². The number of carbonyl (C=O) groups excluding carboxylic acids is 3. The summed E-state index contributed by atoms with van der Waals surface area (Å²) in [6.45, 7) is 1.69. The third-order valence-electron chi connectivity index (χ3n) is 4.50. The maximum absolute atomic E-state index is 12.3. The number of benzene rings is 3. The van der Waals surface area contributed by atoms with Gasteiger partial charge in [-0.25, -0.2) is 0 Å². The fourth-order valence-corrected chi connectivity index (χ4v) is 2.88. The summed E-state index contributed by atoms with van der Waals surface area (Å²) in [7, 11) is 0. The Morgan fingerprint density at radius 1 is 0.774 bits per heavy atom. The maximum Gasteiger partial charge on any atom is 0.325 e. The minimum absolute atomic E-state index is 0.314. The molecular formula is C25H23NO5. The molecule has 0 aliphatic heterocycles. The van der Waals surface area contributed by atoms with Gasteiger partial charge in [0.2, 0.25) is 0 Å². The highest BCUT2D eigenvalue weighted by molar-refractivity contribution is 5.99. The molecule has 0 saturated carbocycles. The van der Waals surface area contributed by atoms with Crippen LogP contribution < -0.4 is 10.1 Å². The molecule has 1 N–H and O–H groups in total. The van der Waals surface area contributed by atoms with Crippen molar-refractivity contribution in [3.05, 3.63) is 90.0 Å². The van der Waals surface area contributed by atoms with Crippen LogP contribution in [0.4, 0.5) is 0 Å². The average molecular weight is 417 g/mol. The Hall–Kier alpha value is -3.93. The first kappa shape index (κ1) is 21.8. The number of carbonyl (C=O) groups is 3. The summed E-state index contributed by atoms with van der Waals surface area (Å²) in [5.41, 5.74) is 2.89. The number of rotatable bonds is 9. The molecule has 158 valence electrons. The minimum atomic E-state index is -0.687. The van der Waals surface area contributed by atoms with E-state index in [2.05, 4.69) is 5.32 Å². The highest BCUT2D eigenvalue weighted by Crippen LogP contribution is 2.19. The molecule has 6 heteroatoms. The van der Waals surface area contributed by atoms with Gasteiger partial charge in [0.1, 0.15) is 12.3 Å². The lowest BCUT2D eigenvalue weighted by molar-refractivity contribution is -0.141. The van der Waals surface area contributed by atoms with Crippen molar-refractivity contribution >= 4 is 17.7 Å². The standard InChI is InChI=1S/C25H23NO5/c1-2-30-22-14-12-21(13-15-22)25(29)26-16-24(28)31-17-23(27)20-10-8-19(9-11-20)18-6-4-3-5-7-18/h3-15H,2,16-17H2,1H3,(H,26,29). The van der Waals surface area contributed by atoms with Crippen molar-refractivity contribution in [3.8, 4) is 16.9 Å². The molecule has 6 nitrogen and oxygen atoms in total. The Bertz CT molecular complexity index is 1030. The predicted octanol–water partition coefficient (Wildman–Crippen LogP) is 3.91. The number of esters is 1. The molecule has 0 heterocycles. The highest BCUT2D eigenvalue weighted by Gasteiger charge is 2.12. The fourth-order valence-electron chi connectivity index (χ4n) is 2.88. The van der Waals surface area contributed by atoms with Crippen molar-refractivity contribution in [2.24, 2.45) is 0 Å². The Morgan fingerprint density at radius 2 is 1.39 bits per heavy atom. The maximum atomic E-state index is 12.3. The molecule has 1 amide bonds. The molecular weight excluding hydrogens is 394 g/mol. The van der Waals surface area contributed by atoms with Gasteiger partial charge >= 0.3 is 5.97 Å². The molecule has 0 aliphatic rings. The summed E-state index contributed by atoms with van der Waals surface area (Å²) in [5.74, 6) is -0.754. The van der Waals surface area contributed by atoms with Gasteiger partial charge in [-0.3, -0.25) is 14.4 Å². The molecule has 0 bridgehead atoms. The van der Waals surface area contributed by atoms with Crippen molar-refractivity contribution in [3.63, 3.8) is 0 Å². The molecule has 3 aromatic carbocycles. The summed E-state index contributed by atoms with van der Waals surface area (Å²) < 4.78 is 10.3. The van der Waals surface area contributed by atoms with Crippen molar-refractivity contribution in [2.75, 3.05) is 19.8 Å². The first-order valence-corrected chi connectivity index (χ1v) is 9.92. The Labute approximate surface area is 180 Å². The van der Waals surface area contributed by atoms with E-state index < -0.39 is 11.9 Å². The number of Topliss-reactive ketones (excluding diaryl/α,β-unsaturated/α-hetero) is 1. The van der Waals surface area contributed by atoms with E-state index in [9.17, 15) is 14.4 Å². The van der Waals surface area contributed by atoms with E-state index >= 15 is 0 Å². The van der Waals surface area contributed by atoms with Crippen molar-refractivity contribution in [2.45, 2.75) is 6.92 Å². The van der Waals surface area contributed by atoms with Gasteiger partial charge in [0, 0.05) is 11.1 Å². The van der Waals surface area contributed by atoms with Crippen LogP contribution in [0.1, 0.15) is 27.6 Å². The lowest BCUT2D eigenvalue weighted by Crippen LogP contribution is -2.31. The van der Waals surface area contributed by atoms with E-state index in [0.29, 0.717) is 23.5 Å². The van der Waals surface area contributed by atoms with Crippen LogP contribution >= 0.6 is 0 Å². The normalized spacial score (nSPS) is 10.2. The Morgan fingerprint density at radius 3 is 2.03 bits per heavy atom. The largest absolute Gasteiger partial charge is 0.494 e. The Kier molecular flexibility index (Phi) is 7.54. The Balaban J connectivity index is 1.44. The van der Waals surface area contributed by atoms with Crippen LogP contribution in [0.2, 0.25) is 0 Å². The number of amides is 1. The summed E-state index contributed by atoms with van der Waals surface area (Å²) in [5, 5.41) is 2.47. The van der Waals surface area contributed by atoms with Gasteiger partial charge in [0.15, 0.2) is 12.4 Å². The van der Waals surface area contributed by atoms with Crippen molar-refractivity contribution in [1.29, 1.82) is 0 Å². The lowest BCUT2D eigenvalue weighted by atomic mass is 10.0. The van der Waals surface area contributed by atoms with E-state index in [1.807, 2.05) is 49.4 Å². The molecule has 0 aromatic heterocycles. The number of hydrogen-bond donors (Lipinski definition) is 1. The van der Waals surface area contributed by atoms with Crippen LogP contribution in [0.15, 0.2) is 78.9 Å². The second kappa shape index (κ2) is 10.7. The van der Waals surface area contributed by atoms with Gasteiger partial charge < -0.3 is 14.8 Å². The third-order valence-corrected chi connectivity index (χ3v) is 4.50. The fraction of sp³-hybridized carbons (Fsp3) is 0.160. The molecule has 0 spiro atoms. The van der Waals surface area contributed by atoms with Crippen molar-refractivity contribution in [1.82, 2.24) is 5.32 Å². The van der Waals surface area contributed by atoms with Crippen LogP contribution in [0.25, 0.3) is 11.1 Å². The monoisotopic (exact) mass is 417 g/mol. The van der Waals surface area contributed by atoms with E-state index in [1.54, 1.807) is 36.4 Å². The number of ether oxygens (including phenoxy) is 2. The van der Waals surface area contributed by atoms with Crippen LogP contribution in [0.3, 0.4) is 0 Å². The summed E-state index contributed by atoms with van der Waals surface area (Å²) in [6, 6.07) is 23.5. The van der Waals surface area contributed by atoms with Crippen LogP contribution in [0, 0.1) is 0 Å². The first-order valence-electron chi connectivity index (χ1n) is 9.92. The number of ketones is 1. The average Bonchev–Trinajstić information content (AvgIpc) is 2.82. The van der Waals surface area contributed by atoms with Gasteiger partial charge in [-0.2, -0.15) is 0 Å². The quantitative estimate of drug-likeness (QED) is 0.422. The van der Waals surface area contributed by atoms with Gasteiger partial charge in [-0.15, -0.1) is 0 Å². The highest BCUT2D eigenvalue weighted by atomic mass is 16.5. The van der Waals surface area contributed by atoms with E-state index in [0.717, 1.165) is 11.1 Å². The molecule has 3 aromatic rings. The smallest absolute Gasteiger partial charge is 0.325 e. The van der Waals surface area contributed by atoms with E-state index in [4.69, 9.17) is 9.47 Å². The van der Waals surface area contributed by atoms with Crippen molar-refractivity contribution < 1.29 is 23.9 Å². The molecule has 3 rings (SSSR count). The van der Waals surface area contributed by atoms with E-state index in [1.165, 1.54) is 0 Å². The molecule has 31 heavy (non-hydrogen) atoms. The van der Waals surface area contributed by atoms with Crippen LogP contribution in [-0.2, 0) is 9.53 Å². The zero-order valence-electron chi connectivity index (χ0n) is 17.2. The minimum Gasteiger partial charge on any atom is -0.494 e. The molecule has 0 atom stereocenters. The number of hydrogen-bond acceptors (Lipinski definition) is 5.